The van der Waals surface area contributed by atoms with Crippen LogP contribution in [0.25, 0.3) is 11.4 Å². The molecule has 0 bridgehead atoms. The Morgan fingerprint density at radius 1 is 1.19 bits per heavy atom. The molecule has 0 spiro atoms. The standard InChI is InChI=1S/C17H23N3O/c1-16(2)11-14(17(3,4)21-16)20-10-9-19-15(20)12-5-7-13(18)8-6-12/h5-10,14H,11,18H2,1-4H3. The van der Waals surface area contributed by atoms with E-state index in [2.05, 4.69) is 37.2 Å². The van der Waals surface area contributed by atoms with Crippen molar-refractivity contribution in [3.63, 3.8) is 0 Å². The highest BCUT2D eigenvalue weighted by molar-refractivity contribution is 5.59. The number of hydrogen-bond donors (Lipinski definition) is 1. The number of ether oxygens (including phenoxy) is 1. The fourth-order valence-electron chi connectivity index (χ4n) is 3.39. The lowest BCUT2D eigenvalue weighted by molar-refractivity contribution is -0.0728. The highest BCUT2D eigenvalue weighted by atomic mass is 16.5. The SMILES string of the molecule is CC1(C)CC(n2ccnc2-c2ccc(N)cc2)C(C)(C)O1. The van der Waals surface area contributed by atoms with Gasteiger partial charge >= 0.3 is 0 Å². The predicted octanol–water partition coefficient (Wildman–Crippen LogP) is 3.65. The second-order valence-corrected chi connectivity index (χ2v) is 6.97. The minimum atomic E-state index is -0.216. The third-order valence-electron chi connectivity index (χ3n) is 4.20. The van der Waals surface area contributed by atoms with Crippen LogP contribution in [0.15, 0.2) is 36.7 Å². The van der Waals surface area contributed by atoms with Crippen LogP contribution in [0.2, 0.25) is 0 Å². The number of anilines is 1. The van der Waals surface area contributed by atoms with Gasteiger partial charge in [-0.05, 0) is 58.4 Å². The zero-order chi connectivity index (χ0) is 15.3. The van der Waals surface area contributed by atoms with Gasteiger partial charge < -0.3 is 15.0 Å². The Balaban J connectivity index is 2.02. The van der Waals surface area contributed by atoms with Gasteiger partial charge in [-0.3, -0.25) is 0 Å². The quantitative estimate of drug-likeness (QED) is 0.857. The zero-order valence-corrected chi connectivity index (χ0v) is 13.1. The van der Waals surface area contributed by atoms with Gasteiger partial charge in [0, 0.05) is 23.6 Å². The van der Waals surface area contributed by atoms with Gasteiger partial charge in [-0.25, -0.2) is 4.98 Å². The Labute approximate surface area is 125 Å². The summed E-state index contributed by atoms with van der Waals surface area (Å²) < 4.78 is 8.45. The molecule has 112 valence electrons. The van der Waals surface area contributed by atoms with Crippen molar-refractivity contribution in [3.05, 3.63) is 36.7 Å². The number of nitrogens with two attached hydrogens (primary N) is 1. The molecule has 21 heavy (non-hydrogen) atoms. The zero-order valence-electron chi connectivity index (χ0n) is 13.1. The van der Waals surface area contributed by atoms with Gasteiger partial charge in [0.2, 0.25) is 0 Å². The molecule has 0 radical (unpaired) electrons. The van der Waals surface area contributed by atoms with Gasteiger partial charge in [0.15, 0.2) is 0 Å². The van der Waals surface area contributed by atoms with E-state index in [0.29, 0.717) is 0 Å². The number of aromatic nitrogens is 2. The first kappa shape index (κ1) is 14.1. The van der Waals surface area contributed by atoms with Crippen molar-refractivity contribution >= 4 is 5.69 Å². The van der Waals surface area contributed by atoms with Crippen molar-refractivity contribution in [3.8, 4) is 11.4 Å². The van der Waals surface area contributed by atoms with E-state index in [1.807, 2.05) is 36.7 Å². The Hall–Kier alpha value is -1.81. The molecule has 1 aliphatic rings. The fourth-order valence-corrected chi connectivity index (χ4v) is 3.39. The van der Waals surface area contributed by atoms with E-state index in [0.717, 1.165) is 23.5 Å². The van der Waals surface area contributed by atoms with Crippen molar-refractivity contribution in [2.24, 2.45) is 0 Å². The summed E-state index contributed by atoms with van der Waals surface area (Å²) in [6, 6.07) is 8.12. The number of hydrogen-bond acceptors (Lipinski definition) is 3. The molecule has 2 aromatic rings. The van der Waals surface area contributed by atoms with Gasteiger partial charge in [0.1, 0.15) is 5.82 Å². The van der Waals surface area contributed by atoms with Crippen molar-refractivity contribution in [2.45, 2.75) is 51.4 Å². The van der Waals surface area contributed by atoms with Crippen LogP contribution in [-0.2, 0) is 4.74 Å². The number of imidazole rings is 1. The molecule has 1 aromatic heterocycles. The average molecular weight is 285 g/mol. The van der Waals surface area contributed by atoms with Crippen molar-refractivity contribution in [2.75, 3.05) is 5.73 Å². The summed E-state index contributed by atoms with van der Waals surface area (Å²) in [6.45, 7) is 8.60. The van der Waals surface area contributed by atoms with Crippen LogP contribution >= 0.6 is 0 Å². The topological polar surface area (TPSA) is 53.1 Å². The minimum absolute atomic E-state index is 0.114. The van der Waals surface area contributed by atoms with Crippen LogP contribution in [-0.4, -0.2) is 20.8 Å². The summed E-state index contributed by atoms with van der Waals surface area (Å²) in [4.78, 5) is 4.54. The first-order valence-corrected chi connectivity index (χ1v) is 7.37. The molecule has 4 heteroatoms. The monoisotopic (exact) mass is 285 g/mol. The summed E-state index contributed by atoms with van der Waals surface area (Å²) in [5.74, 6) is 0.967. The van der Waals surface area contributed by atoms with Crippen LogP contribution in [0.1, 0.15) is 40.2 Å². The van der Waals surface area contributed by atoms with Gasteiger partial charge in [0.25, 0.3) is 0 Å². The smallest absolute Gasteiger partial charge is 0.140 e. The Morgan fingerprint density at radius 2 is 1.86 bits per heavy atom. The van der Waals surface area contributed by atoms with Crippen LogP contribution in [0.5, 0.6) is 0 Å². The third-order valence-corrected chi connectivity index (χ3v) is 4.20. The predicted molar refractivity (Wildman–Crippen MR) is 85.0 cm³/mol. The Bertz CT molecular complexity index is 640. The summed E-state index contributed by atoms with van der Waals surface area (Å²) in [7, 11) is 0. The summed E-state index contributed by atoms with van der Waals surface area (Å²) in [6.07, 6.45) is 4.87. The van der Waals surface area contributed by atoms with Crippen LogP contribution in [0.3, 0.4) is 0 Å². The molecule has 2 heterocycles. The first-order chi connectivity index (χ1) is 9.78. The van der Waals surface area contributed by atoms with Crippen LogP contribution < -0.4 is 5.73 Å². The number of nitrogen functional groups attached to an aromatic ring is 1. The molecular weight excluding hydrogens is 262 g/mol. The minimum Gasteiger partial charge on any atom is -0.399 e. The molecule has 2 N–H and O–H groups in total. The van der Waals surface area contributed by atoms with E-state index in [1.165, 1.54) is 0 Å². The maximum absolute atomic E-state index is 6.21. The van der Waals surface area contributed by atoms with E-state index in [1.54, 1.807) is 0 Å². The largest absolute Gasteiger partial charge is 0.399 e. The second kappa shape index (κ2) is 4.60. The van der Waals surface area contributed by atoms with Gasteiger partial charge in [0.05, 0.1) is 17.2 Å². The molecule has 1 unspecified atom stereocenters. The van der Waals surface area contributed by atoms with E-state index >= 15 is 0 Å². The fraction of sp³-hybridized carbons (Fsp3) is 0.471. The molecule has 1 aliphatic heterocycles. The number of benzene rings is 1. The van der Waals surface area contributed by atoms with E-state index in [4.69, 9.17) is 10.5 Å². The highest BCUT2D eigenvalue weighted by Crippen LogP contribution is 2.46. The molecule has 4 nitrogen and oxygen atoms in total. The van der Waals surface area contributed by atoms with E-state index in [9.17, 15) is 0 Å². The van der Waals surface area contributed by atoms with Crippen LogP contribution in [0.4, 0.5) is 5.69 Å². The molecule has 0 aliphatic carbocycles. The summed E-state index contributed by atoms with van der Waals surface area (Å²) >= 11 is 0. The molecular formula is C17H23N3O. The molecule has 0 amide bonds. The van der Waals surface area contributed by atoms with Gasteiger partial charge in [-0.2, -0.15) is 0 Å². The second-order valence-electron chi connectivity index (χ2n) is 6.97. The molecule has 1 saturated heterocycles. The first-order valence-electron chi connectivity index (χ1n) is 7.37. The van der Waals surface area contributed by atoms with E-state index < -0.39 is 0 Å². The Kier molecular flexibility index (Phi) is 3.10. The summed E-state index contributed by atoms with van der Waals surface area (Å²) in [5, 5.41) is 0. The lowest BCUT2D eigenvalue weighted by Gasteiger charge is -2.29. The lowest BCUT2D eigenvalue weighted by atomic mass is 9.94. The van der Waals surface area contributed by atoms with Gasteiger partial charge in [-0.15, -0.1) is 0 Å². The Morgan fingerprint density at radius 3 is 2.43 bits per heavy atom. The van der Waals surface area contributed by atoms with E-state index in [-0.39, 0.29) is 17.2 Å². The highest BCUT2D eigenvalue weighted by Gasteiger charge is 2.47. The average Bonchev–Trinajstić information content (AvgIpc) is 2.91. The van der Waals surface area contributed by atoms with Crippen molar-refractivity contribution < 1.29 is 4.74 Å². The molecule has 1 atom stereocenters. The normalized spacial score (nSPS) is 23.3. The molecule has 1 fully saturated rings. The maximum atomic E-state index is 6.21. The number of nitrogens with zero attached hydrogens (tertiary/aromatic N) is 2. The summed E-state index contributed by atoms with van der Waals surface area (Å²) in [5.41, 5.74) is 7.29. The molecule has 3 rings (SSSR count). The maximum Gasteiger partial charge on any atom is 0.140 e. The van der Waals surface area contributed by atoms with Crippen molar-refractivity contribution in [1.82, 2.24) is 9.55 Å². The molecule has 0 saturated carbocycles. The molecule has 1 aromatic carbocycles. The van der Waals surface area contributed by atoms with Crippen molar-refractivity contribution in [1.29, 1.82) is 0 Å². The number of rotatable bonds is 2. The third kappa shape index (κ3) is 2.56. The van der Waals surface area contributed by atoms with Gasteiger partial charge in [-0.1, -0.05) is 0 Å². The lowest BCUT2D eigenvalue weighted by Crippen LogP contribution is -2.31. The van der Waals surface area contributed by atoms with Crippen LogP contribution in [0, 0.1) is 0 Å².